The van der Waals surface area contributed by atoms with E-state index in [0.29, 0.717) is 37.1 Å². The number of amides is 1. The smallest absolute Gasteiger partial charge is 0.419 e. The zero-order valence-electron chi connectivity index (χ0n) is 19.0. The summed E-state index contributed by atoms with van der Waals surface area (Å²) in [5.74, 6) is 0.349. The molecule has 1 saturated heterocycles. The van der Waals surface area contributed by atoms with Crippen LogP contribution in [0.1, 0.15) is 56.2 Å². The highest BCUT2D eigenvalue weighted by Gasteiger charge is 2.59. The number of carbonyl (C=O) groups excluding carboxylic acids is 2. The van der Waals surface area contributed by atoms with E-state index in [-0.39, 0.29) is 22.7 Å². The van der Waals surface area contributed by atoms with Gasteiger partial charge in [-0.3, -0.25) is 14.5 Å². The van der Waals surface area contributed by atoms with E-state index >= 15 is 0 Å². The zero-order chi connectivity index (χ0) is 25.7. The van der Waals surface area contributed by atoms with Crippen molar-refractivity contribution in [3.8, 4) is 11.8 Å². The minimum Gasteiger partial charge on any atom is -0.490 e. The molecule has 1 aliphatic heterocycles. The van der Waals surface area contributed by atoms with Gasteiger partial charge in [-0.15, -0.1) is 0 Å². The first-order chi connectivity index (χ1) is 17.1. The van der Waals surface area contributed by atoms with Crippen LogP contribution in [0.5, 0.6) is 5.75 Å². The molecular weight excluding hydrogens is 493 g/mol. The predicted octanol–water partition coefficient (Wildman–Crippen LogP) is 4.92. The van der Waals surface area contributed by atoms with Gasteiger partial charge in [0.05, 0.1) is 17.4 Å². The summed E-state index contributed by atoms with van der Waals surface area (Å²) in [5, 5.41) is 9.10. The molecule has 1 amide bonds. The van der Waals surface area contributed by atoms with Gasteiger partial charge in [-0.2, -0.15) is 18.4 Å². The molecular formula is C25H21F3N4O3S. The molecule has 36 heavy (non-hydrogen) atoms. The molecule has 2 aromatic rings. The maximum absolute atomic E-state index is 13.5. The van der Waals surface area contributed by atoms with E-state index in [2.05, 4.69) is 4.98 Å². The van der Waals surface area contributed by atoms with Gasteiger partial charge in [-0.1, -0.05) is 0 Å². The highest BCUT2D eigenvalue weighted by molar-refractivity contribution is 7.81. The van der Waals surface area contributed by atoms with Crippen LogP contribution in [0, 0.1) is 11.3 Å². The molecule has 1 spiro atoms. The highest BCUT2D eigenvalue weighted by atomic mass is 32.1. The van der Waals surface area contributed by atoms with Crippen LogP contribution in [0.4, 0.5) is 24.5 Å². The third kappa shape index (κ3) is 3.99. The van der Waals surface area contributed by atoms with Gasteiger partial charge < -0.3 is 9.64 Å². The first-order valence-corrected chi connectivity index (χ1v) is 12.0. The van der Waals surface area contributed by atoms with Gasteiger partial charge in [0.25, 0.3) is 5.91 Å². The standard InChI is InChI=1S/C25H21F3N4O3S/c26-25(27,28)20-11-16(14-30-21(20)13-29)31-22(34)24(9-2-10-24)32(23(31)36)15-5-7-18(8-6-15)35-19-4-1-3-17(33)12-19/h5-8,11,14,19H,1-4,9-10,12H2. The van der Waals surface area contributed by atoms with Crippen molar-refractivity contribution in [1.82, 2.24) is 4.98 Å². The zero-order valence-corrected chi connectivity index (χ0v) is 19.9. The molecule has 1 aromatic carbocycles. The van der Waals surface area contributed by atoms with Crippen molar-refractivity contribution in [2.45, 2.75) is 62.8 Å². The summed E-state index contributed by atoms with van der Waals surface area (Å²) < 4.78 is 46.5. The Morgan fingerprint density at radius 3 is 2.44 bits per heavy atom. The van der Waals surface area contributed by atoms with E-state index in [4.69, 9.17) is 22.2 Å². The lowest BCUT2D eigenvalue weighted by molar-refractivity contribution is -0.138. The second kappa shape index (κ2) is 8.85. The number of carbonyl (C=O) groups is 2. The third-order valence-electron chi connectivity index (χ3n) is 6.97. The van der Waals surface area contributed by atoms with Crippen molar-refractivity contribution in [1.29, 1.82) is 5.26 Å². The number of rotatable bonds is 4. The molecule has 2 aliphatic carbocycles. The molecule has 5 rings (SSSR count). The predicted molar refractivity (Wildman–Crippen MR) is 127 cm³/mol. The minimum atomic E-state index is -4.81. The van der Waals surface area contributed by atoms with E-state index in [9.17, 15) is 22.8 Å². The molecule has 2 saturated carbocycles. The quantitative estimate of drug-likeness (QED) is 0.535. The molecule has 1 unspecified atom stereocenters. The van der Waals surface area contributed by atoms with Gasteiger partial charge in [0, 0.05) is 18.5 Å². The normalized spacial score (nSPS) is 21.5. The number of ketones is 1. The number of hydrogen-bond acceptors (Lipinski definition) is 6. The van der Waals surface area contributed by atoms with Gasteiger partial charge in [0.1, 0.15) is 29.2 Å². The maximum Gasteiger partial charge on any atom is 0.419 e. The molecule has 186 valence electrons. The largest absolute Gasteiger partial charge is 0.490 e. The van der Waals surface area contributed by atoms with E-state index in [1.54, 1.807) is 29.2 Å². The first kappa shape index (κ1) is 24.2. The summed E-state index contributed by atoms with van der Waals surface area (Å²) in [7, 11) is 0. The molecule has 11 heteroatoms. The number of nitrogens with zero attached hydrogens (tertiary/aromatic N) is 4. The lowest BCUT2D eigenvalue weighted by Crippen LogP contribution is -2.55. The number of nitriles is 1. The second-order valence-electron chi connectivity index (χ2n) is 9.21. The first-order valence-electron chi connectivity index (χ1n) is 11.6. The van der Waals surface area contributed by atoms with E-state index in [1.165, 1.54) is 6.07 Å². The monoisotopic (exact) mass is 514 g/mol. The molecule has 1 atom stereocenters. The average molecular weight is 515 g/mol. The number of anilines is 2. The number of pyridine rings is 1. The summed E-state index contributed by atoms with van der Waals surface area (Å²) in [6.07, 6.45) is 0.406. The summed E-state index contributed by atoms with van der Waals surface area (Å²) >= 11 is 5.61. The van der Waals surface area contributed by atoms with Crippen molar-refractivity contribution in [3.05, 3.63) is 47.8 Å². The summed E-state index contributed by atoms with van der Waals surface area (Å²) in [5.41, 5.74) is -2.50. The molecule has 0 N–H and O–H groups in total. The van der Waals surface area contributed by atoms with Gasteiger partial charge in [0.2, 0.25) is 0 Å². The van der Waals surface area contributed by atoms with Crippen LogP contribution < -0.4 is 14.5 Å². The lowest BCUT2D eigenvalue weighted by atomic mass is 9.75. The Hall–Kier alpha value is -3.52. The van der Waals surface area contributed by atoms with Crippen molar-refractivity contribution in [3.63, 3.8) is 0 Å². The van der Waals surface area contributed by atoms with Crippen LogP contribution in [-0.2, 0) is 15.8 Å². The van der Waals surface area contributed by atoms with E-state index < -0.39 is 28.9 Å². The Morgan fingerprint density at radius 1 is 1.14 bits per heavy atom. The maximum atomic E-state index is 13.5. The van der Waals surface area contributed by atoms with E-state index in [0.717, 1.165) is 36.4 Å². The number of alkyl halides is 3. The molecule has 3 fully saturated rings. The highest BCUT2D eigenvalue weighted by Crippen LogP contribution is 2.48. The fraction of sp³-hybridized carbons (Fsp3) is 0.400. The Kier molecular flexibility index (Phi) is 5.95. The molecule has 0 bridgehead atoms. The lowest BCUT2D eigenvalue weighted by Gasteiger charge is -2.43. The molecule has 2 heterocycles. The summed E-state index contributed by atoms with van der Waals surface area (Å²) in [6, 6.07) is 9.17. The van der Waals surface area contributed by atoms with Crippen LogP contribution in [0.2, 0.25) is 0 Å². The Labute approximate surface area is 210 Å². The number of halogens is 3. The van der Waals surface area contributed by atoms with Crippen molar-refractivity contribution < 1.29 is 27.5 Å². The van der Waals surface area contributed by atoms with Gasteiger partial charge in [-0.05, 0) is 74.7 Å². The minimum absolute atomic E-state index is 0.0471. The number of aromatic nitrogens is 1. The molecule has 3 aliphatic rings. The van der Waals surface area contributed by atoms with Crippen LogP contribution in [0.3, 0.4) is 0 Å². The summed E-state index contributed by atoms with van der Waals surface area (Å²) in [6.45, 7) is 0. The Morgan fingerprint density at radius 2 is 1.86 bits per heavy atom. The fourth-order valence-corrected chi connectivity index (χ4v) is 5.51. The topological polar surface area (TPSA) is 86.5 Å². The molecule has 7 nitrogen and oxygen atoms in total. The van der Waals surface area contributed by atoms with Crippen LogP contribution >= 0.6 is 12.2 Å². The van der Waals surface area contributed by atoms with Crippen molar-refractivity contribution in [2.24, 2.45) is 0 Å². The van der Waals surface area contributed by atoms with Crippen LogP contribution in [0.25, 0.3) is 0 Å². The second-order valence-corrected chi connectivity index (χ2v) is 9.58. The number of benzene rings is 1. The Bertz CT molecular complexity index is 1280. The van der Waals surface area contributed by atoms with Gasteiger partial charge in [-0.25, -0.2) is 4.98 Å². The number of ether oxygens (including phenoxy) is 1. The van der Waals surface area contributed by atoms with Gasteiger partial charge in [0.15, 0.2) is 10.8 Å². The number of Topliss-reactive ketones (excluding diaryl/α,β-unsaturated/α-hetero) is 1. The van der Waals surface area contributed by atoms with E-state index in [1.807, 2.05) is 0 Å². The third-order valence-corrected chi connectivity index (χ3v) is 7.34. The van der Waals surface area contributed by atoms with Crippen LogP contribution in [0.15, 0.2) is 36.5 Å². The Balaban J connectivity index is 1.45. The molecule has 0 radical (unpaired) electrons. The number of thiocarbonyl (C=S) groups is 1. The summed E-state index contributed by atoms with van der Waals surface area (Å²) in [4.78, 5) is 31.7. The fourth-order valence-electron chi connectivity index (χ4n) is 5.04. The van der Waals surface area contributed by atoms with Crippen molar-refractivity contribution >= 4 is 40.4 Å². The van der Waals surface area contributed by atoms with Crippen molar-refractivity contribution in [2.75, 3.05) is 9.80 Å². The van der Waals surface area contributed by atoms with Gasteiger partial charge >= 0.3 is 6.18 Å². The molecule has 1 aromatic heterocycles. The number of hydrogen-bond donors (Lipinski definition) is 0. The average Bonchev–Trinajstić information content (AvgIpc) is 3.05. The van der Waals surface area contributed by atoms with Crippen LogP contribution in [-0.4, -0.2) is 33.4 Å². The SMILES string of the molecule is N#Cc1ncc(N2C(=O)C3(CCC3)N(c3ccc(OC4CCCC(=O)C4)cc3)C2=S)cc1C(F)(F)F.